The molecule has 0 aliphatic heterocycles. The summed E-state index contributed by atoms with van der Waals surface area (Å²) in [5.41, 5.74) is 5.19. The lowest BCUT2D eigenvalue weighted by atomic mass is 9.78. The first-order chi connectivity index (χ1) is 17.0. The van der Waals surface area contributed by atoms with Gasteiger partial charge in [-0.1, -0.05) is 120 Å². The lowest BCUT2D eigenvalue weighted by Crippen LogP contribution is -2.19. The second kappa shape index (κ2) is 10.4. The molecule has 0 radical (unpaired) electrons. The number of hydrogen-bond donors (Lipinski definition) is 1. The van der Waals surface area contributed by atoms with Crippen LogP contribution >= 0.6 is 11.8 Å². The van der Waals surface area contributed by atoms with Crippen molar-refractivity contribution in [1.29, 1.82) is 0 Å². The fraction of sp³-hybridized carbons (Fsp3) is 0.242. The minimum Gasteiger partial charge on any atom is -0.507 e. The Kier molecular flexibility index (Phi) is 7.42. The summed E-state index contributed by atoms with van der Waals surface area (Å²) >= 11 is 1.70. The van der Waals surface area contributed by atoms with Crippen molar-refractivity contribution in [1.82, 2.24) is 0 Å². The zero-order valence-electron chi connectivity index (χ0n) is 22.0. The van der Waals surface area contributed by atoms with Crippen LogP contribution in [0.15, 0.2) is 112 Å². The quantitative estimate of drug-likeness (QED) is 0.281. The van der Waals surface area contributed by atoms with Crippen molar-refractivity contribution < 1.29 is 5.11 Å². The van der Waals surface area contributed by atoms with E-state index >= 15 is 0 Å². The van der Waals surface area contributed by atoms with Gasteiger partial charge in [0.2, 0.25) is 0 Å². The lowest BCUT2D eigenvalue weighted by Gasteiger charge is -2.28. The van der Waals surface area contributed by atoms with Crippen LogP contribution in [0, 0.1) is 0 Å². The second-order valence-corrected chi connectivity index (χ2v) is 12.2. The molecule has 0 atom stereocenters. The van der Waals surface area contributed by atoms with E-state index in [0.29, 0.717) is 5.75 Å². The number of phenols is 1. The molecular weight excluding hydrogens is 458 g/mol. The fourth-order valence-electron chi connectivity index (χ4n) is 4.07. The van der Waals surface area contributed by atoms with Gasteiger partial charge in [-0.25, -0.2) is 4.99 Å². The molecule has 2 nitrogen and oxygen atoms in total. The molecule has 0 aliphatic carbocycles. The van der Waals surface area contributed by atoms with E-state index in [9.17, 15) is 5.11 Å². The minimum absolute atomic E-state index is 0.0781. The predicted molar refractivity (Wildman–Crippen MR) is 154 cm³/mol. The molecule has 184 valence electrons. The largest absolute Gasteiger partial charge is 0.507 e. The van der Waals surface area contributed by atoms with Crippen LogP contribution in [0.4, 0.5) is 5.69 Å². The smallest absolute Gasteiger partial charge is 0.128 e. The predicted octanol–water partition coefficient (Wildman–Crippen LogP) is 9.31. The van der Waals surface area contributed by atoms with Gasteiger partial charge in [0.1, 0.15) is 5.75 Å². The molecule has 3 heteroatoms. The van der Waals surface area contributed by atoms with Crippen LogP contribution in [0.3, 0.4) is 0 Å². The van der Waals surface area contributed by atoms with Gasteiger partial charge in [-0.15, -0.1) is 0 Å². The molecule has 0 heterocycles. The first-order valence-electron chi connectivity index (χ1n) is 12.4. The van der Waals surface area contributed by atoms with Crippen LogP contribution in [-0.2, 0) is 10.8 Å². The molecule has 0 saturated heterocycles. The van der Waals surface area contributed by atoms with Crippen LogP contribution in [0.2, 0.25) is 0 Å². The van der Waals surface area contributed by atoms with Gasteiger partial charge >= 0.3 is 0 Å². The van der Waals surface area contributed by atoms with E-state index in [1.54, 1.807) is 11.8 Å². The summed E-state index contributed by atoms with van der Waals surface area (Å²) in [6.45, 7) is 13.1. The molecule has 4 rings (SSSR count). The van der Waals surface area contributed by atoms with Crippen molar-refractivity contribution in [3.63, 3.8) is 0 Å². The van der Waals surface area contributed by atoms with Crippen LogP contribution in [0.25, 0.3) is 0 Å². The molecule has 0 amide bonds. The Morgan fingerprint density at radius 3 is 1.89 bits per heavy atom. The molecule has 0 aromatic heterocycles. The molecule has 0 saturated carbocycles. The highest BCUT2D eigenvalue weighted by molar-refractivity contribution is 7.99. The van der Waals surface area contributed by atoms with Gasteiger partial charge in [0.15, 0.2) is 0 Å². The topological polar surface area (TPSA) is 32.6 Å². The van der Waals surface area contributed by atoms with Crippen molar-refractivity contribution in [3.8, 4) is 5.75 Å². The Balaban J connectivity index is 1.97. The van der Waals surface area contributed by atoms with Crippen LogP contribution < -0.4 is 0 Å². The molecule has 0 bridgehead atoms. The Morgan fingerprint density at radius 2 is 1.28 bits per heavy atom. The number of para-hydroxylation sites is 1. The molecular formula is C33H35NOS. The number of rotatable bonds is 5. The highest BCUT2D eigenvalue weighted by Gasteiger charge is 2.27. The second-order valence-electron chi connectivity index (χ2n) is 11.1. The maximum atomic E-state index is 11.6. The van der Waals surface area contributed by atoms with E-state index < -0.39 is 0 Å². The zero-order chi connectivity index (χ0) is 25.9. The third-order valence-corrected chi connectivity index (χ3v) is 7.23. The summed E-state index contributed by atoms with van der Waals surface area (Å²) < 4.78 is 0. The average molecular weight is 494 g/mol. The number of aromatic hydroxyl groups is 1. The van der Waals surface area contributed by atoms with E-state index in [4.69, 9.17) is 4.99 Å². The Hall–Kier alpha value is -3.30. The van der Waals surface area contributed by atoms with Gasteiger partial charge < -0.3 is 5.11 Å². The summed E-state index contributed by atoms with van der Waals surface area (Å²) in [5, 5.41) is 11.6. The molecule has 0 aliphatic rings. The van der Waals surface area contributed by atoms with Crippen LogP contribution in [0.5, 0.6) is 5.75 Å². The molecule has 0 fully saturated rings. The van der Waals surface area contributed by atoms with Gasteiger partial charge in [-0.3, -0.25) is 0 Å². The zero-order valence-corrected chi connectivity index (χ0v) is 22.9. The Morgan fingerprint density at radius 1 is 0.694 bits per heavy atom. The summed E-state index contributed by atoms with van der Waals surface area (Å²) in [5.74, 6) is 0.297. The minimum atomic E-state index is -0.219. The maximum absolute atomic E-state index is 11.6. The van der Waals surface area contributed by atoms with E-state index in [2.05, 4.69) is 84.0 Å². The SMILES string of the molecule is CC(C)(C)c1cc(/C(=N/c2ccccc2Sc2ccccc2)c2ccccc2)c(O)c(C(C)(C)C)c1. The highest BCUT2D eigenvalue weighted by atomic mass is 32.2. The summed E-state index contributed by atoms with van der Waals surface area (Å²) in [6.07, 6.45) is 0. The molecule has 0 unspecified atom stereocenters. The highest BCUT2D eigenvalue weighted by Crippen LogP contribution is 2.40. The first kappa shape index (κ1) is 25.8. The maximum Gasteiger partial charge on any atom is 0.128 e. The van der Waals surface area contributed by atoms with Gasteiger partial charge in [-0.2, -0.15) is 0 Å². The number of phenolic OH excluding ortho intramolecular Hbond substituents is 1. The number of hydrogen-bond acceptors (Lipinski definition) is 3. The van der Waals surface area contributed by atoms with Gasteiger partial charge in [0.05, 0.1) is 11.4 Å². The third-order valence-electron chi connectivity index (χ3n) is 6.15. The van der Waals surface area contributed by atoms with Crippen molar-refractivity contribution >= 4 is 23.2 Å². The van der Waals surface area contributed by atoms with Crippen molar-refractivity contribution in [2.45, 2.75) is 62.2 Å². The number of nitrogens with zero attached hydrogens (tertiary/aromatic N) is 1. The van der Waals surface area contributed by atoms with E-state index in [-0.39, 0.29) is 10.8 Å². The first-order valence-corrected chi connectivity index (χ1v) is 13.2. The third kappa shape index (κ3) is 5.91. The van der Waals surface area contributed by atoms with Gasteiger partial charge in [-0.05, 0) is 46.7 Å². The molecule has 1 N–H and O–H groups in total. The van der Waals surface area contributed by atoms with Crippen molar-refractivity contribution in [2.75, 3.05) is 0 Å². The Labute approximate surface area is 220 Å². The number of benzene rings is 4. The van der Waals surface area contributed by atoms with Crippen molar-refractivity contribution in [2.24, 2.45) is 4.99 Å². The monoisotopic (exact) mass is 493 g/mol. The van der Waals surface area contributed by atoms with Crippen molar-refractivity contribution in [3.05, 3.63) is 119 Å². The molecule has 36 heavy (non-hydrogen) atoms. The van der Waals surface area contributed by atoms with E-state index in [1.165, 1.54) is 5.56 Å². The van der Waals surface area contributed by atoms with Gasteiger partial charge in [0.25, 0.3) is 0 Å². The Bertz CT molecular complexity index is 1360. The van der Waals surface area contributed by atoms with Crippen LogP contribution in [0.1, 0.15) is 63.8 Å². The normalized spacial score (nSPS) is 12.6. The standard InChI is InChI=1S/C33H35NOS/c1-32(2,3)24-21-26(31(35)27(22-24)33(4,5)6)30(23-15-9-7-10-16-23)34-28-19-13-14-20-29(28)36-25-17-11-8-12-18-25/h7-22,35H,1-6H3/b34-30+. The summed E-state index contributed by atoms with van der Waals surface area (Å²) in [7, 11) is 0. The summed E-state index contributed by atoms with van der Waals surface area (Å²) in [6, 6.07) is 33.0. The molecule has 0 spiro atoms. The summed E-state index contributed by atoms with van der Waals surface area (Å²) in [4.78, 5) is 7.47. The molecule has 4 aromatic rings. The molecule has 4 aromatic carbocycles. The van der Waals surface area contributed by atoms with E-state index in [0.717, 1.165) is 37.9 Å². The number of aliphatic imine (C=N–C) groups is 1. The van der Waals surface area contributed by atoms with Crippen LogP contribution in [-0.4, -0.2) is 10.8 Å². The average Bonchev–Trinajstić information content (AvgIpc) is 2.83. The van der Waals surface area contributed by atoms with Gasteiger partial charge in [0, 0.05) is 26.5 Å². The van der Waals surface area contributed by atoms with E-state index in [1.807, 2.05) is 54.6 Å². The fourth-order valence-corrected chi connectivity index (χ4v) is 4.98. The lowest BCUT2D eigenvalue weighted by molar-refractivity contribution is 0.443.